The molecule has 2 aromatic carbocycles. The molecule has 8 nitrogen and oxygen atoms in total. The topological polar surface area (TPSA) is 102 Å². The van der Waals surface area contributed by atoms with Crippen molar-refractivity contribution in [1.29, 1.82) is 0 Å². The molecule has 0 radical (unpaired) electrons. The second-order valence-corrected chi connectivity index (χ2v) is 8.80. The number of fused-ring (bicyclic) bond motifs is 5. The number of rotatable bonds is 6. The fraction of sp³-hybridized carbons (Fsp3) is 0.360. The molecule has 2 bridgehead atoms. The van der Waals surface area contributed by atoms with E-state index in [0.29, 0.717) is 29.0 Å². The van der Waals surface area contributed by atoms with E-state index in [4.69, 9.17) is 9.47 Å². The van der Waals surface area contributed by atoms with E-state index in [1.165, 1.54) is 17.0 Å². The van der Waals surface area contributed by atoms with Crippen LogP contribution in [0.1, 0.15) is 29.6 Å². The third-order valence-electron chi connectivity index (χ3n) is 6.98. The van der Waals surface area contributed by atoms with E-state index in [1.54, 1.807) is 43.5 Å². The molecule has 3 fully saturated rings. The van der Waals surface area contributed by atoms with Crippen LogP contribution in [0.2, 0.25) is 0 Å². The van der Waals surface area contributed by atoms with E-state index in [9.17, 15) is 19.2 Å². The molecule has 33 heavy (non-hydrogen) atoms. The van der Waals surface area contributed by atoms with Crippen LogP contribution in [0.5, 0.6) is 5.75 Å². The average molecular weight is 448 g/mol. The number of carbonyl (C=O) groups is 4. The number of benzene rings is 2. The monoisotopic (exact) mass is 448 g/mol. The summed E-state index contributed by atoms with van der Waals surface area (Å²) < 4.78 is 10.2. The lowest BCUT2D eigenvalue weighted by Gasteiger charge is -2.19. The highest BCUT2D eigenvalue weighted by Crippen LogP contribution is 2.56. The minimum absolute atomic E-state index is 0.165. The predicted molar refractivity (Wildman–Crippen MR) is 119 cm³/mol. The highest BCUT2D eigenvalue weighted by molar-refractivity contribution is 6.22. The number of ether oxygens (including phenoxy) is 2. The van der Waals surface area contributed by atoms with Crippen LogP contribution < -0.4 is 15.0 Å². The van der Waals surface area contributed by atoms with Crippen molar-refractivity contribution in [2.45, 2.75) is 19.3 Å². The zero-order valence-electron chi connectivity index (χ0n) is 18.2. The Balaban J connectivity index is 1.23. The third-order valence-corrected chi connectivity index (χ3v) is 6.98. The van der Waals surface area contributed by atoms with Crippen molar-refractivity contribution < 1.29 is 28.7 Å². The van der Waals surface area contributed by atoms with Gasteiger partial charge in [0.25, 0.3) is 5.91 Å². The van der Waals surface area contributed by atoms with Gasteiger partial charge in [-0.15, -0.1) is 0 Å². The lowest BCUT2D eigenvalue weighted by Crippen LogP contribution is -2.32. The van der Waals surface area contributed by atoms with Crippen molar-refractivity contribution >= 4 is 35.1 Å². The summed E-state index contributed by atoms with van der Waals surface area (Å²) in [6.45, 7) is -0.468. The van der Waals surface area contributed by atoms with Gasteiger partial charge in [0.2, 0.25) is 11.8 Å². The Labute approximate surface area is 190 Å². The molecule has 3 amide bonds. The van der Waals surface area contributed by atoms with E-state index in [1.807, 2.05) is 0 Å². The largest absolute Gasteiger partial charge is 0.497 e. The molecule has 0 unspecified atom stereocenters. The first-order chi connectivity index (χ1) is 16.0. The van der Waals surface area contributed by atoms with Gasteiger partial charge in [0.1, 0.15) is 5.75 Å². The Morgan fingerprint density at radius 2 is 1.67 bits per heavy atom. The van der Waals surface area contributed by atoms with E-state index in [0.717, 1.165) is 19.3 Å². The molecule has 2 saturated carbocycles. The number of nitrogens with one attached hydrogen (secondary N) is 1. The lowest BCUT2D eigenvalue weighted by atomic mass is 9.81. The van der Waals surface area contributed by atoms with Crippen LogP contribution in [0.4, 0.5) is 11.4 Å². The zero-order chi connectivity index (χ0) is 23.1. The van der Waals surface area contributed by atoms with Gasteiger partial charge < -0.3 is 14.8 Å². The average Bonchev–Trinajstić information content (AvgIpc) is 3.51. The zero-order valence-corrected chi connectivity index (χ0v) is 18.2. The Kier molecular flexibility index (Phi) is 5.36. The van der Waals surface area contributed by atoms with Crippen molar-refractivity contribution in [1.82, 2.24) is 0 Å². The van der Waals surface area contributed by atoms with Gasteiger partial charge in [0, 0.05) is 5.69 Å². The maximum atomic E-state index is 13.0. The molecule has 1 N–H and O–H groups in total. The van der Waals surface area contributed by atoms with Gasteiger partial charge in [0.05, 0.1) is 30.2 Å². The summed E-state index contributed by atoms with van der Waals surface area (Å²) in [6.07, 6.45) is 2.97. The maximum Gasteiger partial charge on any atom is 0.338 e. The van der Waals surface area contributed by atoms with Gasteiger partial charge in [-0.2, -0.15) is 0 Å². The number of carbonyl (C=O) groups excluding carboxylic acids is 4. The first-order valence-corrected chi connectivity index (χ1v) is 11.0. The Hall–Kier alpha value is -3.68. The fourth-order valence-corrected chi connectivity index (χ4v) is 5.52. The minimum Gasteiger partial charge on any atom is -0.497 e. The number of anilines is 2. The van der Waals surface area contributed by atoms with Gasteiger partial charge in [-0.1, -0.05) is 6.07 Å². The third kappa shape index (κ3) is 3.75. The summed E-state index contributed by atoms with van der Waals surface area (Å²) >= 11 is 0. The molecular weight excluding hydrogens is 424 g/mol. The number of hydrogen-bond acceptors (Lipinski definition) is 6. The molecule has 3 aliphatic rings. The smallest absolute Gasteiger partial charge is 0.338 e. The summed E-state index contributed by atoms with van der Waals surface area (Å²) in [6, 6.07) is 13.0. The SMILES string of the molecule is COc1ccc(NC(=O)COC(=O)c2cccc(N3C(=O)[C@H]4[C@H]5CC[C@@H](C5)[C@@H]4C3=O)c2)cc1. The summed E-state index contributed by atoms with van der Waals surface area (Å²) in [5.41, 5.74) is 1.09. The molecule has 0 aromatic heterocycles. The van der Waals surface area contributed by atoms with E-state index in [-0.39, 0.29) is 29.2 Å². The molecule has 2 aliphatic carbocycles. The molecule has 0 spiro atoms. The van der Waals surface area contributed by atoms with E-state index in [2.05, 4.69) is 5.32 Å². The molecule has 170 valence electrons. The second kappa shape index (κ2) is 8.35. The molecule has 5 rings (SSSR count). The molecular formula is C25H24N2O6. The maximum absolute atomic E-state index is 13.0. The number of amides is 3. The van der Waals surface area contributed by atoms with E-state index >= 15 is 0 Å². The van der Waals surface area contributed by atoms with E-state index < -0.39 is 18.5 Å². The number of imide groups is 1. The highest BCUT2D eigenvalue weighted by atomic mass is 16.5. The van der Waals surface area contributed by atoms with Gasteiger partial charge >= 0.3 is 5.97 Å². The van der Waals surface area contributed by atoms with Gasteiger partial charge in [-0.25, -0.2) is 4.79 Å². The van der Waals surface area contributed by atoms with Gasteiger partial charge in [0.15, 0.2) is 6.61 Å². The van der Waals surface area contributed by atoms with Crippen LogP contribution in [0, 0.1) is 23.7 Å². The Bertz CT molecular complexity index is 1100. The molecule has 8 heteroatoms. The number of esters is 1. The van der Waals surface area contributed by atoms with Crippen LogP contribution in [0.15, 0.2) is 48.5 Å². The highest BCUT2D eigenvalue weighted by Gasteiger charge is 2.61. The summed E-state index contributed by atoms with van der Waals surface area (Å²) in [5.74, 6) is -0.743. The standard InChI is InChI=1S/C25H24N2O6/c1-32-19-9-7-17(8-10-19)26-20(28)13-33-25(31)16-3-2-4-18(12-16)27-23(29)21-14-5-6-15(11-14)22(21)24(27)30/h2-4,7-10,12,14-15,21-22H,5-6,11,13H2,1H3,(H,26,28)/t14-,15-,21-,22-/m0/s1. The van der Waals surface area contributed by atoms with Crippen molar-refractivity contribution in [3.63, 3.8) is 0 Å². The fourth-order valence-electron chi connectivity index (χ4n) is 5.52. The first-order valence-electron chi connectivity index (χ1n) is 11.0. The first kappa shape index (κ1) is 21.2. The van der Waals surface area contributed by atoms with Gasteiger partial charge in [-0.05, 0) is 73.6 Å². The molecule has 1 aliphatic heterocycles. The Morgan fingerprint density at radius 3 is 2.30 bits per heavy atom. The summed E-state index contributed by atoms with van der Waals surface area (Å²) in [7, 11) is 1.55. The second-order valence-electron chi connectivity index (χ2n) is 8.80. The molecule has 1 saturated heterocycles. The van der Waals surface area contributed by atoms with Crippen molar-refractivity contribution in [2.75, 3.05) is 23.9 Å². The quantitative estimate of drug-likeness (QED) is 0.538. The van der Waals surface area contributed by atoms with Crippen LogP contribution >= 0.6 is 0 Å². The van der Waals surface area contributed by atoms with Crippen LogP contribution in [-0.2, 0) is 19.1 Å². The molecule has 1 heterocycles. The Morgan fingerprint density at radius 1 is 1.00 bits per heavy atom. The van der Waals surface area contributed by atoms with Crippen LogP contribution in [0.3, 0.4) is 0 Å². The predicted octanol–water partition coefficient (Wildman–Crippen LogP) is 3.03. The lowest BCUT2D eigenvalue weighted by molar-refractivity contribution is -0.123. The number of hydrogen-bond donors (Lipinski definition) is 1. The van der Waals surface area contributed by atoms with Gasteiger partial charge in [-0.3, -0.25) is 19.3 Å². The van der Waals surface area contributed by atoms with Crippen molar-refractivity contribution in [2.24, 2.45) is 23.7 Å². The number of nitrogens with zero attached hydrogens (tertiary/aromatic N) is 1. The molecule has 2 aromatic rings. The van der Waals surface area contributed by atoms with Crippen molar-refractivity contribution in [3.8, 4) is 5.75 Å². The number of methoxy groups -OCH3 is 1. The normalized spacial score (nSPS) is 25.2. The van der Waals surface area contributed by atoms with Crippen LogP contribution in [-0.4, -0.2) is 37.4 Å². The van der Waals surface area contributed by atoms with Crippen molar-refractivity contribution in [3.05, 3.63) is 54.1 Å². The van der Waals surface area contributed by atoms with Crippen LogP contribution in [0.25, 0.3) is 0 Å². The molecule has 4 atom stereocenters. The summed E-state index contributed by atoms with van der Waals surface area (Å²) in [5, 5.41) is 2.64. The summed E-state index contributed by atoms with van der Waals surface area (Å²) in [4.78, 5) is 51.9. The minimum atomic E-state index is -0.707.